The van der Waals surface area contributed by atoms with Gasteiger partial charge in [-0.15, -0.1) is 0 Å². The predicted molar refractivity (Wildman–Crippen MR) is 86.7 cm³/mol. The third kappa shape index (κ3) is 3.94. The molecule has 0 aliphatic carbocycles. The average molecular weight is 282 g/mol. The molecule has 0 unspecified atom stereocenters. The second-order valence-corrected chi connectivity index (χ2v) is 5.45. The number of aryl methyl sites for hydroxylation is 1. The lowest BCUT2D eigenvalue weighted by molar-refractivity contribution is 0.852. The second-order valence-electron chi connectivity index (χ2n) is 5.45. The van der Waals surface area contributed by atoms with Crippen LogP contribution in [0.5, 0.6) is 0 Å². The quantitative estimate of drug-likeness (QED) is 0.827. The highest BCUT2D eigenvalue weighted by molar-refractivity contribution is 5.41. The number of hydrogen-bond donors (Lipinski definition) is 1. The fourth-order valence-corrected chi connectivity index (χ4v) is 2.67. The standard InChI is InChI=1S/C17H22N4/c1-2-7-15(8-3-1)9-6-11-18-16-10-12-19-17(20-16)21-13-4-5-14-21/h1-3,7-8,10,12H,4-6,9,11,13-14H2,(H,18,19,20). The molecule has 0 amide bonds. The Balaban J connectivity index is 1.48. The Labute approximate surface area is 126 Å². The maximum atomic E-state index is 4.60. The molecule has 1 aliphatic rings. The van der Waals surface area contributed by atoms with E-state index in [9.17, 15) is 0 Å². The third-order valence-electron chi connectivity index (χ3n) is 3.82. The molecule has 0 bridgehead atoms. The molecule has 1 saturated heterocycles. The number of benzene rings is 1. The fourth-order valence-electron chi connectivity index (χ4n) is 2.67. The Morgan fingerprint density at radius 3 is 2.67 bits per heavy atom. The SMILES string of the molecule is c1ccc(CCCNc2ccnc(N3CCCC3)n2)cc1. The van der Waals surface area contributed by atoms with Crippen LogP contribution in [0, 0.1) is 0 Å². The molecule has 1 N–H and O–H groups in total. The smallest absolute Gasteiger partial charge is 0.227 e. The molecule has 1 aromatic carbocycles. The van der Waals surface area contributed by atoms with Gasteiger partial charge >= 0.3 is 0 Å². The first-order chi connectivity index (χ1) is 10.4. The summed E-state index contributed by atoms with van der Waals surface area (Å²) in [6, 6.07) is 12.5. The minimum absolute atomic E-state index is 0.862. The average Bonchev–Trinajstić information content (AvgIpc) is 3.07. The summed E-state index contributed by atoms with van der Waals surface area (Å²) in [7, 11) is 0. The van der Waals surface area contributed by atoms with Crippen LogP contribution in [-0.4, -0.2) is 29.6 Å². The lowest BCUT2D eigenvalue weighted by atomic mass is 10.1. The number of rotatable bonds is 6. The van der Waals surface area contributed by atoms with E-state index in [0.717, 1.165) is 44.2 Å². The molecule has 0 spiro atoms. The number of aromatic nitrogens is 2. The van der Waals surface area contributed by atoms with Gasteiger partial charge in [-0.1, -0.05) is 30.3 Å². The molecule has 110 valence electrons. The maximum absolute atomic E-state index is 4.60. The largest absolute Gasteiger partial charge is 0.370 e. The summed E-state index contributed by atoms with van der Waals surface area (Å²) in [4.78, 5) is 11.2. The third-order valence-corrected chi connectivity index (χ3v) is 3.82. The first kappa shape index (κ1) is 13.9. The van der Waals surface area contributed by atoms with E-state index in [1.54, 1.807) is 0 Å². The molecule has 0 atom stereocenters. The zero-order valence-corrected chi connectivity index (χ0v) is 12.3. The topological polar surface area (TPSA) is 41.1 Å². The molecule has 4 heteroatoms. The molecule has 0 radical (unpaired) electrons. The van der Waals surface area contributed by atoms with E-state index < -0.39 is 0 Å². The Kier molecular flexibility index (Phi) is 4.66. The van der Waals surface area contributed by atoms with E-state index in [1.165, 1.54) is 18.4 Å². The van der Waals surface area contributed by atoms with Gasteiger partial charge in [-0.25, -0.2) is 4.98 Å². The molecule has 0 saturated carbocycles. The first-order valence-electron chi connectivity index (χ1n) is 7.77. The molecule has 1 fully saturated rings. The van der Waals surface area contributed by atoms with Crippen molar-refractivity contribution < 1.29 is 0 Å². The van der Waals surface area contributed by atoms with E-state index in [0.29, 0.717) is 0 Å². The summed E-state index contributed by atoms with van der Waals surface area (Å²) in [5, 5.41) is 3.40. The summed E-state index contributed by atoms with van der Waals surface area (Å²) in [5.41, 5.74) is 1.39. The van der Waals surface area contributed by atoms with Crippen molar-refractivity contribution in [2.45, 2.75) is 25.7 Å². The van der Waals surface area contributed by atoms with Crippen LogP contribution in [0.1, 0.15) is 24.8 Å². The highest BCUT2D eigenvalue weighted by atomic mass is 15.3. The van der Waals surface area contributed by atoms with Crippen molar-refractivity contribution >= 4 is 11.8 Å². The van der Waals surface area contributed by atoms with Crippen LogP contribution in [-0.2, 0) is 6.42 Å². The highest BCUT2D eigenvalue weighted by Gasteiger charge is 2.14. The maximum Gasteiger partial charge on any atom is 0.227 e. The van der Waals surface area contributed by atoms with Crippen LogP contribution in [0.3, 0.4) is 0 Å². The van der Waals surface area contributed by atoms with Gasteiger partial charge in [0.05, 0.1) is 0 Å². The van der Waals surface area contributed by atoms with E-state index in [2.05, 4.69) is 50.5 Å². The molecule has 3 rings (SSSR count). The van der Waals surface area contributed by atoms with Crippen molar-refractivity contribution in [3.8, 4) is 0 Å². The summed E-state index contributed by atoms with van der Waals surface area (Å²) >= 11 is 0. The van der Waals surface area contributed by atoms with Gasteiger partial charge in [0, 0.05) is 25.8 Å². The molecular weight excluding hydrogens is 260 g/mol. The lowest BCUT2D eigenvalue weighted by Gasteiger charge is -2.15. The van der Waals surface area contributed by atoms with Crippen molar-refractivity contribution in [3.05, 3.63) is 48.2 Å². The van der Waals surface area contributed by atoms with Crippen molar-refractivity contribution in [2.24, 2.45) is 0 Å². The van der Waals surface area contributed by atoms with Gasteiger partial charge in [0.15, 0.2) is 0 Å². The molecular formula is C17H22N4. The predicted octanol–water partition coefficient (Wildman–Crippen LogP) is 3.12. The molecule has 21 heavy (non-hydrogen) atoms. The van der Waals surface area contributed by atoms with Crippen LogP contribution in [0.2, 0.25) is 0 Å². The van der Waals surface area contributed by atoms with Crippen molar-refractivity contribution in [3.63, 3.8) is 0 Å². The highest BCUT2D eigenvalue weighted by Crippen LogP contribution is 2.16. The van der Waals surface area contributed by atoms with Gasteiger partial charge in [-0.2, -0.15) is 4.98 Å². The molecule has 2 heterocycles. The van der Waals surface area contributed by atoms with E-state index in [4.69, 9.17) is 0 Å². The van der Waals surface area contributed by atoms with Crippen LogP contribution in [0.4, 0.5) is 11.8 Å². The molecule has 4 nitrogen and oxygen atoms in total. The van der Waals surface area contributed by atoms with Crippen LogP contribution >= 0.6 is 0 Å². The van der Waals surface area contributed by atoms with E-state index in [1.807, 2.05) is 12.3 Å². The summed E-state index contributed by atoms with van der Waals surface area (Å²) in [6.07, 6.45) is 6.54. The lowest BCUT2D eigenvalue weighted by Crippen LogP contribution is -2.20. The number of nitrogens with zero attached hydrogens (tertiary/aromatic N) is 3. The van der Waals surface area contributed by atoms with Crippen LogP contribution < -0.4 is 10.2 Å². The summed E-state index contributed by atoms with van der Waals surface area (Å²) < 4.78 is 0. The van der Waals surface area contributed by atoms with Crippen molar-refractivity contribution in [1.82, 2.24) is 9.97 Å². The van der Waals surface area contributed by atoms with Gasteiger partial charge in [-0.3, -0.25) is 0 Å². The Hall–Kier alpha value is -2.10. The van der Waals surface area contributed by atoms with Gasteiger partial charge < -0.3 is 10.2 Å². The van der Waals surface area contributed by atoms with Gasteiger partial charge in [0.2, 0.25) is 5.95 Å². The Bertz CT molecular complexity index is 550. The monoisotopic (exact) mass is 282 g/mol. The van der Waals surface area contributed by atoms with Gasteiger partial charge in [-0.05, 0) is 37.3 Å². The van der Waals surface area contributed by atoms with E-state index >= 15 is 0 Å². The van der Waals surface area contributed by atoms with E-state index in [-0.39, 0.29) is 0 Å². The van der Waals surface area contributed by atoms with Crippen LogP contribution in [0.25, 0.3) is 0 Å². The minimum atomic E-state index is 0.862. The second kappa shape index (κ2) is 7.07. The normalized spacial score (nSPS) is 14.4. The molecule has 2 aromatic rings. The van der Waals surface area contributed by atoms with Gasteiger partial charge in [0.25, 0.3) is 0 Å². The molecule has 1 aliphatic heterocycles. The first-order valence-corrected chi connectivity index (χ1v) is 7.77. The van der Waals surface area contributed by atoms with Crippen molar-refractivity contribution in [1.29, 1.82) is 0 Å². The minimum Gasteiger partial charge on any atom is -0.370 e. The fraction of sp³-hybridized carbons (Fsp3) is 0.412. The number of anilines is 2. The Morgan fingerprint density at radius 2 is 1.86 bits per heavy atom. The summed E-state index contributed by atoms with van der Waals surface area (Å²) in [6.45, 7) is 3.10. The zero-order valence-electron chi connectivity index (χ0n) is 12.3. The zero-order chi connectivity index (χ0) is 14.3. The Morgan fingerprint density at radius 1 is 1.05 bits per heavy atom. The summed E-state index contributed by atoms with van der Waals surface area (Å²) in [5.74, 6) is 1.79. The van der Waals surface area contributed by atoms with Gasteiger partial charge in [0.1, 0.15) is 5.82 Å². The van der Waals surface area contributed by atoms with Crippen LogP contribution in [0.15, 0.2) is 42.6 Å². The number of hydrogen-bond acceptors (Lipinski definition) is 4. The van der Waals surface area contributed by atoms with Crippen molar-refractivity contribution in [2.75, 3.05) is 29.9 Å². The number of nitrogens with one attached hydrogen (secondary N) is 1. The molecule has 1 aromatic heterocycles.